The van der Waals surface area contributed by atoms with Crippen LogP contribution in [0, 0.1) is 5.92 Å². The zero-order valence-electron chi connectivity index (χ0n) is 8.33. The van der Waals surface area contributed by atoms with Gasteiger partial charge in [-0.15, -0.1) is 0 Å². The molecule has 1 heterocycles. The Labute approximate surface area is 78.3 Å². The smallest absolute Gasteiger partial charge is 0.245 e. The predicted octanol–water partition coefficient (Wildman–Crippen LogP) is -0.0107. The Morgan fingerprint density at radius 1 is 1.54 bits per heavy atom. The van der Waals surface area contributed by atoms with E-state index in [4.69, 9.17) is 0 Å². The van der Waals surface area contributed by atoms with Gasteiger partial charge in [-0.25, -0.2) is 0 Å². The predicted molar refractivity (Wildman–Crippen MR) is 49.0 cm³/mol. The van der Waals surface area contributed by atoms with E-state index in [1.165, 1.54) is 4.90 Å². The van der Waals surface area contributed by atoms with Crippen LogP contribution in [0.2, 0.25) is 0 Å². The molecule has 0 aromatic heterocycles. The van der Waals surface area contributed by atoms with Gasteiger partial charge in [0.15, 0.2) is 0 Å². The van der Waals surface area contributed by atoms with E-state index >= 15 is 0 Å². The first-order valence-corrected chi connectivity index (χ1v) is 4.55. The second-order valence-corrected chi connectivity index (χ2v) is 3.94. The van der Waals surface area contributed by atoms with Crippen LogP contribution >= 0.6 is 0 Å². The second kappa shape index (κ2) is 3.77. The van der Waals surface area contributed by atoms with Crippen LogP contribution in [0.1, 0.15) is 20.3 Å². The molecule has 1 saturated heterocycles. The molecule has 1 fully saturated rings. The minimum Gasteiger partial charge on any atom is -0.343 e. The van der Waals surface area contributed by atoms with Crippen LogP contribution in [0.3, 0.4) is 0 Å². The fraction of sp³-hybridized carbons (Fsp3) is 0.778. The van der Waals surface area contributed by atoms with Crippen molar-refractivity contribution in [3.05, 3.63) is 0 Å². The van der Waals surface area contributed by atoms with Crippen molar-refractivity contribution < 1.29 is 9.59 Å². The number of carbonyl (C=O) groups excluding carboxylic acids is 2. The number of carbonyl (C=O) groups is 2. The van der Waals surface area contributed by atoms with Gasteiger partial charge in [0.2, 0.25) is 11.8 Å². The van der Waals surface area contributed by atoms with Crippen molar-refractivity contribution in [1.29, 1.82) is 0 Å². The van der Waals surface area contributed by atoms with Crippen LogP contribution in [-0.4, -0.2) is 36.3 Å². The summed E-state index contributed by atoms with van der Waals surface area (Å²) in [6, 6.07) is -0.314. The molecule has 1 aliphatic rings. The molecule has 2 amide bonds. The monoisotopic (exact) mass is 184 g/mol. The summed E-state index contributed by atoms with van der Waals surface area (Å²) in [4.78, 5) is 24.1. The van der Waals surface area contributed by atoms with Crippen LogP contribution in [0.5, 0.6) is 0 Å². The van der Waals surface area contributed by atoms with Gasteiger partial charge in [-0.2, -0.15) is 0 Å². The average molecular weight is 184 g/mol. The Morgan fingerprint density at radius 3 is 2.69 bits per heavy atom. The number of hydrogen-bond acceptors (Lipinski definition) is 2. The van der Waals surface area contributed by atoms with Crippen LogP contribution in [0.15, 0.2) is 0 Å². The number of piperazine rings is 1. The normalized spacial score (nSPS) is 23.7. The quantitative estimate of drug-likeness (QED) is 0.656. The van der Waals surface area contributed by atoms with Crippen molar-refractivity contribution >= 4 is 11.8 Å². The SMILES string of the molecule is CC(C)CC1NC(=O)CN(C)C1=O. The van der Waals surface area contributed by atoms with Gasteiger partial charge in [0.25, 0.3) is 0 Å². The van der Waals surface area contributed by atoms with E-state index in [2.05, 4.69) is 5.32 Å². The van der Waals surface area contributed by atoms with Crippen molar-refractivity contribution in [2.24, 2.45) is 5.92 Å². The molecular weight excluding hydrogens is 168 g/mol. The van der Waals surface area contributed by atoms with Crippen LogP contribution in [0.25, 0.3) is 0 Å². The van der Waals surface area contributed by atoms with Gasteiger partial charge in [-0.1, -0.05) is 13.8 Å². The van der Waals surface area contributed by atoms with Gasteiger partial charge in [-0.05, 0) is 12.3 Å². The number of nitrogens with one attached hydrogen (secondary N) is 1. The average Bonchev–Trinajstić information content (AvgIpc) is 1.98. The third-order valence-corrected chi connectivity index (χ3v) is 2.10. The first-order chi connectivity index (χ1) is 6.00. The van der Waals surface area contributed by atoms with Gasteiger partial charge in [0, 0.05) is 7.05 Å². The zero-order valence-corrected chi connectivity index (χ0v) is 8.33. The van der Waals surface area contributed by atoms with E-state index < -0.39 is 0 Å². The highest BCUT2D eigenvalue weighted by molar-refractivity contribution is 5.94. The van der Waals surface area contributed by atoms with E-state index in [1.54, 1.807) is 7.05 Å². The molecule has 0 spiro atoms. The lowest BCUT2D eigenvalue weighted by molar-refractivity contribution is -0.143. The largest absolute Gasteiger partial charge is 0.343 e. The summed E-state index contributed by atoms with van der Waals surface area (Å²) < 4.78 is 0. The molecule has 0 saturated carbocycles. The van der Waals surface area contributed by atoms with Gasteiger partial charge in [0.1, 0.15) is 6.04 Å². The van der Waals surface area contributed by atoms with Crippen molar-refractivity contribution in [1.82, 2.24) is 10.2 Å². The molecule has 4 heteroatoms. The van der Waals surface area contributed by atoms with Gasteiger partial charge < -0.3 is 10.2 Å². The van der Waals surface area contributed by atoms with Gasteiger partial charge in [0.05, 0.1) is 6.54 Å². The lowest BCUT2D eigenvalue weighted by Crippen LogP contribution is -2.56. The molecule has 0 radical (unpaired) electrons. The maximum atomic E-state index is 11.5. The molecule has 0 aliphatic carbocycles. The van der Waals surface area contributed by atoms with Crippen molar-refractivity contribution in [2.75, 3.05) is 13.6 Å². The number of hydrogen-bond donors (Lipinski definition) is 1. The highest BCUT2D eigenvalue weighted by Gasteiger charge is 2.30. The molecule has 74 valence electrons. The molecule has 1 aliphatic heterocycles. The molecule has 4 nitrogen and oxygen atoms in total. The van der Waals surface area contributed by atoms with Crippen LogP contribution < -0.4 is 5.32 Å². The van der Waals surface area contributed by atoms with Gasteiger partial charge >= 0.3 is 0 Å². The number of amides is 2. The molecule has 1 N–H and O–H groups in total. The summed E-state index contributed by atoms with van der Waals surface area (Å²) in [7, 11) is 1.66. The molecule has 0 bridgehead atoms. The Bertz CT molecular complexity index is 226. The van der Waals surface area contributed by atoms with E-state index in [9.17, 15) is 9.59 Å². The zero-order chi connectivity index (χ0) is 10.0. The number of likely N-dealkylation sites (N-methyl/N-ethyl adjacent to an activating group) is 1. The molecular formula is C9H16N2O2. The fourth-order valence-electron chi connectivity index (χ4n) is 1.49. The first kappa shape index (κ1) is 10.0. The summed E-state index contributed by atoms with van der Waals surface area (Å²) in [5, 5.41) is 2.70. The fourth-order valence-corrected chi connectivity index (χ4v) is 1.49. The van der Waals surface area contributed by atoms with Crippen molar-refractivity contribution in [3.63, 3.8) is 0 Å². The number of rotatable bonds is 2. The van der Waals surface area contributed by atoms with E-state index in [0.717, 1.165) is 6.42 Å². The Hall–Kier alpha value is -1.06. The van der Waals surface area contributed by atoms with E-state index in [1.807, 2.05) is 13.8 Å². The lowest BCUT2D eigenvalue weighted by Gasteiger charge is -2.30. The molecule has 1 unspecified atom stereocenters. The highest BCUT2D eigenvalue weighted by Crippen LogP contribution is 2.09. The molecule has 0 aromatic rings. The third-order valence-electron chi connectivity index (χ3n) is 2.10. The maximum Gasteiger partial charge on any atom is 0.245 e. The van der Waals surface area contributed by atoms with Crippen molar-refractivity contribution in [3.8, 4) is 0 Å². The van der Waals surface area contributed by atoms with Crippen LogP contribution in [-0.2, 0) is 9.59 Å². The summed E-state index contributed by atoms with van der Waals surface area (Å²) in [5.41, 5.74) is 0. The lowest BCUT2D eigenvalue weighted by atomic mass is 10.0. The Morgan fingerprint density at radius 2 is 2.15 bits per heavy atom. The summed E-state index contributed by atoms with van der Waals surface area (Å²) in [6.45, 7) is 4.26. The third kappa shape index (κ3) is 2.44. The van der Waals surface area contributed by atoms with Crippen molar-refractivity contribution in [2.45, 2.75) is 26.3 Å². The standard InChI is InChI=1S/C9H16N2O2/c1-6(2)4-7-9(13)11(3)5-8(12)10-7/h6-7H,4-5H2,1-3H3,(H,10,12). The Balaban J connectivity index is 2.61. The maximum absolute atomic E-state index is 11.5. The molecule has 1 atom stereocenters. The minimum absolute atomic E-state index is 0.0216. The second-order valence-electron chi connectivity index (χ2n) is 3.94. The summed E-state index contributed by atoms with van der Waals surface area (Å²) in [6.07, 6.45) is 0.717. The first-order valence-electron chi connectivity index (χ1n) is 4.55. The topological polar surface area (TPSA) is 49.4 Å². The van der Waals surface area contributed by atoms with Gasteiger partial charge in [-0.3, -0.25) is 9.59 Å². The minimum atomic E-state index is -0.314. The van der Waals surface area contributed by atoms with E-state index in [-0.39, 0.29) is 24.4 Å². The number of nitrogens with zero attached hydrogens (tertiary/aromatic N) is 1. The summed E-state index contributed by atoms with van der Waals surface area (Å²) >= 11 is 0. The highest BCUT2D eigenvalue weighted by atomic mass is 16.2. The molecule has 13 heavy (non-hydrogen) atoms. The summed E-state index contributed by atoms with van der Waals surface area (Å²) in [5.74, 6) is 0.377. The van der Waals surface area contributed by atoms with E-state index in [0.29, 0.717) is 5.92 Å². The molecule has 0 aromatic carbocycles. The Kier molecular flexibility index (Phi) is 2.90. The van der Waals surface area contributed by atoms with Crippen LogP contribution in [0.4, 0.5) is 0 Å². The molecule has 1 rings (SSSR count).